The molecule has 0 saturated carbocycles. The molecule has 166 valence electrons. The lowest BCUT2D eigenvalue weighted by molar-refractivity contribution is -0.158. The van der Waals surface area contributed by atoms with Gasteiger partial charge in [0.05, 0.1) is 12.6 Å². The number of fused-ring (bicyclic) bond motifs is 1. The lowest BCUT2D eigenvalue weighted by Gasteiger charge is -2.22. The number of nitrogens with zero attached hydrogens (tertiary/aromatic N) is 1. The summed E-state index contributed by atoms with van der Waals surface area (Å²) in [7, 11) is 1.36. The van der Waals surface area contributed by atoms with Gasteiger partial charge in [-0.05, 0) is 22.8 Å². The van der Waals surface area contributed by atoms with E-state index in [1.807, 2.05) is 34.9 Å². The third-order valence-corrected chi connectivity index (χ3v) is 5.39. The first-order valence-electron chi connectivity index (χ1n) is 10.1. The molecule has 7 heteroatoms. The molecular weight excluding hydrogens is 420 g/mol. The number of hydrogen-bond donors (Lipinski definition) is 1. The summed E-state index contributed by atoms with van der Waals surface area (Å²) in [6.45, 7) is 0.413. The number of methoxy groups -OCH3 is 1. The topological polar surface area (TPSA) is 26.2 Å². The van der Waals surface area contributed by atoms with Crippen molar-refractivity contribution in [2.75, 3.05) is 7.11 Å². The van der Waals surface area contributed by atoms with Crippen LogP contribution in [0.15, 0.2) is 79.0 Å². The summed E-state index contributed by atoms with van der Waals surface area (Å²) in [5.74, 6) is -0.476. The van der Waals surface area contributed by atoms with E-state index in [2.05, 4.69) is 5.32 Å². The first kappa shape index (κ1) is 21.9. The minimum atomic E-state index is -4.46. The van der Waals surface area contributed by atoms with Gasteiger partial charge in [0.2, 0.25) is 0 Å². The molecule has 0 aliphatic rings. The zero-order chi connectivity index (χ0) is 22.7. The molecule has 1 heterocycles. The average molecular weight is 442 g/mol. The van der Waals surface area contributed by atoms with E-state index in [0.29, 0.717) is 23.0 Å². The second kappa shape index (κ2) is 9.04. The smallest absolute Gasteiger partial charge is 0.407 e. The van der Waals surface area contributed by atoms with Gasteiger partial charge in [0.15, 0.2) is 11.6 Å². The first-order valence-corrected chi connectivity index (χ1v) is 10.1. The molecule has 0 bridgehead atoms. The molecule has 3 nitrogen and oxygen atoms in total. The van der Waals surface area contributed by atoms with Gasteiger partial charge in [-0.3, -0.25) is 5.32 Å². The van der Waals surface area contributed by atoms with E-state index in [4.69, 9.17) is 4.74 Å². The summed E-state index contributed by atoms with van der Waals surface area (Å²) in [5, 5.41) is 3.28. The summed E-state index contributed by atoms with van der Waals surface area (Å²) in [4.78, 5) is 0. The van der Waals surface area contributed by atoms with Crippen molar-refractivity contribution >= 4 is 10.9 Å². The number of halogens is 4. The van der Waals surface area contributed by atoms with Crippen LogP contribution in [-0.4, -0.2) is 17.9 Å². The molecule has 32 heavy (non-hydrogen) atoms. The highest BCUT2D eigenvalue weighted by atomic mass is 19.4. The van der Waals surface area contributed by atoms with Crippen LogP contribution in [0.5, 0.6) is 5.75 Å². The predicted octanol–water partition coefficient (Wildman–Crippen LogP) is 6.23. The molecule has 1 atom stereocenters. The highest BCUT2D eigenvalue weighted by molar-refractivity contribution is 5.85. The van der Waals surface area contributed by atoms with Crippen molar-refractivity contribution in [2.45, 2.75) is 25.3 Å². The minimum Gasteiger partial charge on any atom is -0.494 e. The Morgan fingerprint density at radius 2 is 1.62 bits per heavy atom. The maximum absolute atomic E-state index is 14.4. The van der Waals surface area contributed by atoms with Crippen LogP contribution in [0.1, 0.15) is 22.7 Å². The van der Waals surface area contributed by atoms with Gasteiger partial charge < -0.3 is 9.30 Å². The summed E-state index contributed by atoms with van der Waals surface area (Å²) < 4.78 is 62.6. The van der Waals surface area contributed by atoms with Crippen molar-refractivity contribution in [2.24, 2.45) is 0 Å². The first-order chi connectivity index (χ1) is 15.4. The van der Waals surface area contributed by atoms with Gasteiger partial charge in [-0.1, -0.05) is 60.7 Å². The molecule has 0 aliphatic carbocycles. The third kappa shape index (κ3) is 4.62. The quantitative estimate of drug-likeness (QED) is 0.344. The maximum Gasteiger partial charge on any atom is 0.407 e. The Labute approximate surface area is 183 Å². The van der Waals surface area contributed by atoms with Gasteiger partial charge in [-0.15, -0.1) is 0 Å². The number of nitrogens with one attached hydrogen (secondary N) is 1. The van der Waals surface area contributed by atoms with Crippen LogP contribution in [0.4, 0.5) is 17.6 Å². The Balaban J connectivity index is 1.71. The lowest BCUT2D eigenvalue weighted by atomic mass is 10.1. The SMILES string of the molecule is COc1cc2c(CNC(c3ccccc3)C(F)(F)F)cn(Cc3ccccc3)c2cc1F. The average Bonchev–Trinajstić information content (AvgIpc) is 3.10. The number of aromatic nitrogens is 1. The molecule has 1 aromatic heterocycles. The van der Waals surface area contributed by atoms with Gasteiger partial charge in [0.25, 0.3) is 0 Å². The van der Waals surface area contributed by atoms with E-state index in [1.54, 1.807) is 24.4 Å². The number of hydrogen-bond acceptors (Lipinski definition) is 2. The maximum atomic E-state index is 14.4. The van der Waals surface area contributed by atoms with E-state index >= 15 is 0 Å². The fourth-order valence-electron chi connectivity index (χ4n) is 3.85. The predicted molar refractivity (Wildman–Crippen MR) is 116 cm³/mol. The van der Waals surface area contributed by atoms with Gasteiger partial charge >= 0.3 is 6.18 Å². The van der Waals surface area contributed by atoms with Crippen LogP contribution < -0.4 is 10.1 Å². The van der Waals surface area contributed by atoms with Crippen LogP contribution in [0, 0.1) is 5.82 Å². The van der Waals surface area contributed by atoms with Crippen molar-refractivity contribution in [3.8, 4) is 5.75 Å². The van der Waals surface area contributed by atoms with Crippen LogP contribution in [0.25, 0.3) is 10.9 Å². The molecular formula is C25H22F4N2O. The second-order valence-electron chi connectivity index (χ2n) is 7.54. The zero-order valence-corrected chi connectivity index (χ0v) is 17.4. The van der Waals surface area contributed by atoms with Gasteiger partial charge in [0.1, 0.15) is 6.04 Å². The van der Waals surface area contributed by atoms with Crippen LogP contribution in [0.2, 0.25) is 0 Å². The van der Waals surface area contributed by atoms with Crippen LogP contribution in [-0.2, 0) is 13.1 Å². The molecule has 1 unspecified atom stereocenters. The molecule has 0 amide bonds. The summed E-state index contributed by atoms with van der Waals surface area (Å²) in [6.07, 6.45) is -2.70. The van der Waals surface area contributed by atoms with Crippen LogP contribution in [0.3, 0.4) is 0 Å². The standard InChI is InChI=1S/C25H22F4N2O/c1-32-23-12-20-19(14-30-24(25(27,28)29)18-10-6-3-7-11-18)16-31(22(20)13-21(23)26)15-17-8-4-2-5-9-17/h2-13,16,24,30H,14-15H2,1H3. The fraction of sp³-hybridized carbons (Fsp3) is 0.200. The van der Waals surface area contributed by atoms with Gasteiger partial charge in [0, 0.05) is 30.7 Å². The Hall–Kier alpha value is -3.32. The van der Waals surface area contributed by atoms with E-state index in [1.165, 1.54) is 31.4 Å². The molecule has 0 spiro atoms. The van der Waals surface area contributed by atoms with Crippen molar-refractivity contribution in [1.82, 2.24) is 9.88 Å². The molecule has 1 N–H and O–H groups in total. The number of ether oxygens (including phenoxy) is 1. The second-order valence-corrected chi connectivity index (χ2v) is 7.54. The van der Waals surface area contributed by atoms with Gasteiger partial charge in [-0.2, -0.15) is 13.2 Å². The van der Waals surface area contributed by atoms with Crippen molar-refractivity contribution in [3.63, 3.8) is 0 Å². The van der Waals surface area contributed by atoms with Crippen molar-refractivity contribution < 1.29 is 22.3 Å². The summed E-state index contributed by atoms with van der Waals surface area (Å²) in [5.41, 5.74) is 2.35. The normalized spacial score (nSPS) is 12.8. The molecule has 3 aromatic carbocycles. The van der Waals surface area contributed by atoms with E-state index in [9.17, 15) is 17.6 Å². The molecule has 0 fully saturated rings. The number of rotatable bonds is 7. The lowest BCUT2D eigenvalue weighted by Crippen LogP contribution is -2.33. The Morgan fingerprint density at radius 3 is 2.25 bits per heavy atom. The Kier molecular flexibility index (Phi) is 6.19. The van der Waals surface area contributed by atoms with Gasteiger partial charge in [-0.25, -0.2) is 4.39 Å². The zero-order valence-electron chi connectivity index (χ0n) is 17.4. The molecule has 0 radical (unpaired) electrons. The molecule has 4 rings (SSSR count). The Morgan fingerprint density at radius 1 is 0.969 bits per heavy atom. The Bertz CT molecular complexity index is 1190. The number of alkyl halides is 3. The molecule has 0 aliphatic heterocycles. The summed E-state index contributed by atoms with van der Waals surface area (Å²) >= 11 is 0. The largest absolute Gasteiger partial charge is 0.494 e. The van der Waals surface area contributed by atoms with E-state index < -0.39 is 18.0 Å². The number of benzene rings is 3. The fourth-order valence-corrected chi connectivity index (χ4v) is 3.85. The van der Waals surface area contributed by atoms with E-state index in [0.717, 1.165) is 5.56 Å². The molecule has 0 saturated heterocycles. The minimum absolute atomic E-state index is 0.0478. The summed E-state index contributed by atoms with van der Waals surface area (Å²) in [6, 6.07) is 18.4. The highest BCUT2D eigenvalue weighted by Crippen LogP contribution is 2.34. The van der Waals surface area contributed by atoms with Crippen molar-refractivity contribution in [1.29, 1.82) is 0 Å². The van der Waals surface area contributed by atoms with Crippen molar-refractivity contribution in [3.05, 3.63) is 102 Å². The monoisotopic (exact) mass is 442 g/mol. The third-order valence-electron chi connectivity index (χ3n) is 5.39. The van der Waals surface area contributed by atoms with E-state index in [-0.39, 0.29) is 17.9 Å². The molecule has 4 aromatic rings. The highest BCUT2D eigenvalue weighted by Gasteiger charge is 2.40. The van der Waals surface area contributed by atoms with Crippen LogP contribution >= 0.6 is 0 Å².